The van der Waals surface area contributed by atoms with E-state index in [2.05, 4.69) is 0 Å². The minimum absolute atomic E-state index is 0.120. The lowest BCUT2D eigenvalue weighted by molar-refractivity contribution is -0.646. The fraction of sp³-hybridized carbons (Fsp3) is 0.154. The molecule has 0 N–H and O–H groups in total. The maximum absolute atomic E-state index is 12.2. The molecule has 0 aliphatic heterocycles. The molecule has 21 heavy (non-hydrogen) atoms. The van der Waals surface area contributed by atoms with Crippen molar-refractivity contribution in [3.63, 3.8) is 0 Å². The number of non-ortho nitro benzene ring substituents is 1. The van der Waals surface area contributed by atoms with Gasteiger partial charge in [0, 0.05) is 24.3 Å². The number of aromatic nitrogens is 1. The largest absolute Gasteiger partial charge is 0.618 e. The SMILES string of the molecule is Cc1cc[n+]([O-])c(S(=O)(=O)Cc2ccc([N+](=O)[O-])cc2)c1. The first-order valence-electron chi connectivity index (χ1n) is 5.95. The number of nitro benzene ring substituents is 1. The Morgan fingerprint density at radius 1 is 1.19 bits per heavy atom. The van der Waals surface area contributed by atoms with Crippen molar-refractivity contribution in [1.82, 2.24) is 0 Å². The summed E-state index contributed by atoms with van der Waals surface area (Å²) in [6.07, 6.45) is 1.14. The van der Waals surface area contributed by atoms with E-state index in [0.717, 1.165) is 6.20 Å². The Bertz CT molecular complexity index is 785. The molecule has 0 unspecified atom stereocenters. The van der Waals surface area contributed by atoms with Crippen molar-refractivity contribution < 1.29 is 18.1 Å². The Morgan fingerprint density at radius 3 is 2.38 bits per heavy atom. The lowest BCUT2D eigenvalue weighted by atomic mass is 10.2. The summed E-state index contributed by atoms with van der Waals surface area (Å²) in [6.45, 7) is 1.69. The number of sulfone groups is 1. The highest BCUT2D eigenvalue weighted by molar-refractivity contribution is 7.90. The average molecular weight is 308 g/mol. The summed E-state index contributed by atoms with van der Waals surface area (Å²) in [6, 6.07) is 7.99. The topological polar surface area (TPSA) is 104 Å². The fourth-order valence-electron chi connectivity index (χ4n) is 1.80. The maximum Gasteiger partial charge on any atom is 0.309 e. The zero-order valence-electron chi connectivity index (χ0n) is 11.1. The predicted octanol–water partition coefficient (Wildman–Crippen LogP) is 1.51. The van der Waals surface area contributed by atoms with Crippen LogP contribution in [0.2, 0.25) is 0 Å². The van der Waals surface area contributed by atoms with Gasteiger partial charge in [-0.25, -0.2) is 8.42 Å². The lowest BCUT2D eigenvalue weighted by Gasteiger charge is -2.06. The van der Waals surface area contributed by atoms with Gasteiger partial charge in [0.2, 0.25) is 9.84 Å². The molecule has 0 amide bonds. The van der Waals surface area contributed by atoms with Crippen LogP contribution in [-0.4, -0.2) is 13.3 Å². The monoisotopic (exact) mass is 308 g/mol. The zero-order valence-corrected chi connectivity index (χ0v) is 11.9. The first-order chi connectivity index (χ1) is 9.79. The van der Waals surface area contributed by atoms with Gasteiger partial charge in [0.25, 0.3) is 5.69 Å². The van der Waals surface area contributed by atoms with Gasteiger partial charge in [0.1, 0.15) is 0 Å². The summed E-state index contributed by atoms with van der Waals surface area (Å²) in [7, 11) is -3.82. The molecule has 7 nitrogen and oxygen atoms in total. The molecule has 0 aliphatic rings. The Morgan fingerprint density at radius 2 is 1.81 bits per heavy atom. The van der Waals surface area contributed by atoms with Crippen LogP contribution >= 0.6 is 0 Å². The van der Waals surface area contributed by atoms with E-state index in [9.17, 15) is 23.7 Å². The highest BCUT2D eigenvalue weighted by Crippen LogP contribution is 2.17. The summed E-state index contributed by atoms with van der Waals surface area (Å²) in [5.74, 6) is -0.392. The second-order valence-electron chi connectivity index (χ2n) is 4.55. The molecule has 110 valence electrons. The van der Waals surface area contributed by atoms with Gasteiger partial charge in [-0.05, 0) is 18.1 Å². The molecule has 8 heteroatoms. The number of pyridine rings is 1. The molecule has 0 aliphatic carbocycles. The van der Waals surface area contributed by atoms with Crippen molar-refractivity contribution >= 4 is 15.5 Å². The smallest absolute Gasteiger partial charge is 0.309 e. The van der Waals surface area contributed by atoms with Crippen LogP contribution in [0.4, 0.5) is 5.69 Å². The third-order valence-corrected chi connectivity index (χ3v) is 4.51. The molecule has 1 aromatic heterocycles. The number of benzene rings is 1. The molecular weight excluding hydrogens is 296 g/mol. The number of nitrogens with zero attached hydrogens (tertiary/aromatic N) is 2. The van der Waals surface area contributed by atoms with Crippen molar-refractivity contribution in [2.75, 3.05) is 0 Å². The summed E-state index contributed by atoms with van der Waals surface area (Å²) >= 11 is 0. The third kappa shape index (κ3) is 3.34. The van der Waals surface area contributed by atoms with E-state index >= 15 is 0 Å². The number of hydrogen-bond acceptors (Lipinski definition) is 5. The Labute approximate surface area is 121 Å². The molecule has 0 bridgehead atoms. The average Bonchev–Trinajstić information content (AvgIpc) is 2.41. The third-order valence-electron chi connectivity index (χ3n) is 2.86. The van der Waals surface area contributed by atoms with Crippen LogP contribution in [0, 0.1) is 22.2 Å². The van der Waals surface area contributed by atoms with Gasteiger partial charge in [-0.2, -0.15) is 4.73 Å². The standard InChI is InChI=1S/C13H12N2O5S/c1-10-6-7-14(16)13(8-10)21(19,20)9-11-2-4-12(5-3-11)15(17)18/h2-8H,9H2,1H3. The van der Waals surface area contributed by atoms with E-state index in [1.807, 2.05) is 0 Å². The van der Waals surface area contributed by atoms with Gasteiger partial charge < -0.3 is 5.21 Å². The van der Waals surface area contributed by atoms with Crippen LogP contribution in [0.15, 0.2) is 47.6 Å². The molecule has 2 rings (SSSR count). The van der Waals surface area contributed by atoms with Gasteiger partial charge in [0.05, 0.1) is 10.7 Å². The van der Waals surface area contributed by atoms with Crippen molar-refractivity contribution in [1.29, 1.82) is 0 Å². The normalized spacial score (nSPS) is 11.3. The van der Waals surface area contributed by atoms with E-state index in [-0.39, 0.29) is 10.7 Å². The summed E-state index contributed by atoms with van der Waals surface area (Å²) in [5.41, 5.74) is 0.914. The van der Waals surface area contributed by atoms with Crippen molar-refractivity contribution in [2.24, 2.45) is 0 Å². The van der Waals surface area contributed by atoms with Gasteiger partial charge in [-0.15, -0.1) is 0 Å². The predicted molar refractivity (Wildman–Crippen MR) is 74.1 cm³/mol. The Kier molecular flexibility index (Phi) is 3.90. The van der Waals surface area contributed by atoms with Crippen LogP contribution in [0.3, 0.4) is 0 Å². The van der Waals surface area contributed by atoms with E-state index < -0.39 is 20.5 Å². The molecular formula is C13H12N2O5S. The number of nitro groups is 1. The minimum atomic E-state index is -3.82. The van der Waals surface area contributed by atoms with Gasteiger partial charge >= 0.3 is 5.03 Å². The summed E-state index contributed by atoms with van der Waals surface area (Å²) < 4.78 is 24.8. The summed E-state index contributed by atoms with van der Waals surface area (Å²) in [5, 5.41) is 21.8. The number of rotatable bonds is 4. The molecule has 0 radical (unpaired) electrons. The minimum Gasteiger partial charge on any atom is -0.618 e. The Balaban J connectivity index is 2.33. The van der Waals surface area contributed by atoms with E-state index in [4.69, 9.17) is 0 Å². The van der Waals surface area contributed by atoms with Crippen molar-refractivity contribution in [3.05, 3.63) is 69.0 Å². The van der Waals surface area contributed by atoms with Crippen LogP contribution in [0.25, 0.3) is 0 Å². The number of aryl methyl sites for hydroxylation is 1. The Hall–Kier alpha value is -2.48. The zero-order chi connectivity index (χ0) is 15.6. The first kappa shape index (κ1) is 14.9. The molecule has 0 atom stereocenters. The molecule has 0 spiro atoms. The van der Waals surface area contributed by atoms with Gasteiger partial charge in [-0.1, -0.05) is 12.1 Å². The molecule has 0 saturated carbocycles. The lowest BCUT2D eigenvalue weighted by Crippen LogP contribution is -2.34. The van der Waals surface area contributed by atoms with Gasteiger partial charge in [0.15, 0.2) is 6.20 Å². The second kappa shape index (κ2) is 5.49. The van der Waals surface area contributed by atoms with Crippen LogP contribution < -0.4 is 4.73 Å². The molecule has 1 aromatic carbocycles. The second-order valence-corrected chi connectivity index (χ2v) is 6.49. The van der Waals surface area contributed by atoms with E-state index in [1.165, 1.54) is 36.4 Å². The molecule has 0 fully saturated rings. The molecule has 2 aromatic rings. The van der Waals surface area contributed by atoms with Crippen LogP contribution in [-0.2, 0) is 15.6 Å². The summed E-state index contributed by atoms with van der Waals surface area (Å²) in [4.78, 5) is 9.98. The fourth-order valence-corrected chi connectivity index (χ4v) is 3.28. The van der Waals surface area contributed by atoms with E-state index in [0.29, 0.717) is 15.9 Å². The number of hydrogen-bond donors (Lipinski definition) is 0. The maximum atomic E-state index is 12.2. The highest BCUT2D eigenvalue weighted by atomic mass is 32.2. The van der Waals surface area contributed by atoms with Crippen molar-refractivity contribution in [2.45, 2.75) is 17.7 Å². The molecule has 0 saturated heterocycles. The van der Waals surface area contributed by atoms with Crippen LogP contribution in [0.5, 0.6) is 0 Å². The van der Waals surface area contributed by atoms with Crippen LogP contribution in [0.1, 0.15) is 11.1 Å². The first-order valence-corrected chi connectivity index (χ1v) is 7.61. The van der Waals surface area contributed by atoms with Gasteiger partial charge in [-0.3, -0.25) is 10.1 Å². The van der Waals surface area contributed by atoms with E-state index in [1.54, 1.807) is 6.92 Å². The molecule has 1 heterocycles. The quantitative estimate of drug-likeness (QED) is 0.368. The highest BCUT2D eigenvalue weighted by Gasteiger charge is 2.24. The van der Waals surface area contributed by atoms with Crippen molar-refractivity contribution in [3.8, 4) is 0 Å².